The van der Waals surface area contributed by atoms with E-state index in [1.54, 1.807) is 0 Å². The SMILES string of the molecule is O=C(O)c1cc(F)ccc1Nc1ccc(F)c(Cl)c1. The average Bonchev–Trinajstić information content (AvgIpc) is 2.36. The van der Waals surface area contributed by atoms with Crippen LogP contribution in [-0.4, -0.2) is 11.1 Å². The second-order valence-electron chi connectivity index (χ2n) is 3.75. The molecule has 2 rings (SSSR count). The Labute approximate surface area is 112 Å². The highest BCUT2D eigenvalue weighted by Gasteiger charge is 2.12. The first-order chi connectivity index (χ1) is 8.97. The summed E-state index contributed by atoms with van der Waals surface area (Å²) in [6, 6.07) is 7.17. The summed E-state index contributed by atoms with van der Waals surface area (Å²) in [4.78, 5) is 11.0. The van der Waals surface area contributed by atoms with Crippen molar-refractivity contribution in [2.24, 2.45) is 0 Å². The van der Waals surface area contributed by atoms with Gasteiger partial charge in [0.25, 0.3) is 0 Å². The number of rotatable bonds is 3. The van der Waals surface area contributed by atoms with Crippen molar-refractivity contribution in [3.63, 3.8) is 0 Å². The van der Waals surface area contributed by atoms with Gasteiger partial charge in [-0.05, 0) is 36.4 Å². The number of anilines is 2. The van der Waals surface area contributed by atoms with E-state index in [2.05, 4.69) is 5.32 Å². The molecule has 2 aromatic carbocycles. The van der Waals surface area contributed by atoms with Crippen LogP contribution in [0.5, 0.6) is 0 Å². The molecule has 0 heterocycles. The molecule has 3 nitrogen and oxygen atoms in total. The van der Waals surface area contributed by atoms with Gasteiger partial charge in [0.1, 0.15) is 11.6 Å². The summed E-state index contributed by atoms with van der Waals surface area (Å²) >= 11 is 5.62. The Balaban J connectivity index is 2.37. The largest absolute Gasteiger partial charge is 0.478 e. The number of aromatic carboxylic acids is 1. The van der Waals surface area contributed by atoms with Gasteiger partial charge in [0, 0.05) is 5.69 Å². The first-order valence-electron chi connectivity index (χ1n) is 5.22. The zero-order valence-electron chi connectivity index (χ0n) is 9.45. The van der Waals surface area contributed by atoms with E-state index in [1.165, 1.54) is 18.2 Å². The van der Waals surface area contributed by atoms with E-state index in [-0.39, 0.29) is 16.3 Å². The van der Waals surface area contributed by atoms with Gasteiger partial charge in [-0.25, -0.2) is 13.6 Å². The Morgan fingerprint density at radius 2 is 1.89 bits per heavy atom. The van der Waals surface area contributed by atoms with Crippen LogP contribution >= 0.6 is 11.6 Å². The van der Waals surface area contributed by atoms with E-state index >= 15 is 0 Å². The van der Waals surface area contributed by atoms with E-state index in [4.69, 9.17) is 16.7 Å². The van der Waals surface area contributed by atoms with Crippen molar-refractivity contribution in [1.82, 2.24) is 0 Å². The lowest BCUT2D eigenvalue weighted by Crippen LogP contribution is -2.03. The van der Waals surface area contributed by atoms with Crippen molar-refractivity contribution in [2.45, 2.75) is 0 Å². The summed E-state index contributed by atoms with van der Waals surface area (Å²) in [5.74, 6) is -2.50. The van der Waals surface area contributed by atoms with Crippen LogP contribution in [0.3, 0.4) is 0 Å². The van der Waals surface area contributed by atoms with Gasteiger partial charge in [-0.1, -0.05) is 11.6 Å². The first kappa shape index (κ1) is 13.3. The predicted molar refractivity (Wildman–Crippen MR) is 68.1 cm³/mol. The standard InChI is InChI=1S/C13H8ClF2NO2/c14-10-6-8(2-3-11(10)16)17-12-4-1-7(15)5-9(12)13(18)19/h1-6,17H,(H,18,19). The van der Waals surface area contributed by atoms with Crippen molar-refractivity contribution in [3.05, 3.63) is 58.6 Å². The Hall–Kier alpha value is -2.14. The molecule has 0 aliphatic carbocycles. The van der Waals surface area contributed by atoms with E-state index in [9.17, 15) is 13.6 Å². The molecule has 0 unspecified atom stereocenters. The molecule has 0 aliphatic rings. The van der Waals surface area contributed by atoms with E-state index < -0.39 is 17.6 Å². The van der Waals surface area contributed by atoms with Crippen molar-refractivity contribution in [1.29, 1.82) is 0 Å². The number of halogens is 3. The third-order valence-electron chi connectivity index (χ3n) is 2.41. The minimum absolute atomic E-state index is 0.0935. The van der Waals surface area contributed by atoms with Gasteiger partial charge in [0.05, 0.1) is 16.3 Å². The van der Waals surface area contributed by atoms with Gasteiger partial charge in [0.2, 0.25) is 0 Å². The van der Waals surface area contributed by atoms with E-state index in [1.807, 2.05) is 0 Å². The van der Waals surface area contributed by atoms with Crippen LogP contribution in [-0.2, 0) is 0 Å². The molecule has 2 N–H and O–H groups in total. The summed E-state index contributed by atoms with van der Waals surface area (Å²) in [5, 5.41) is 11.6. The molecule has 0 amide bonds. The highest BCUT2D eigenvalue weighted by atomic mass is 35.5. The lowest BCUT2D eigenvalue weighted by molar-refractivity contribution is 0.0697. The average molecular weight is 284 g/mol. The van der Waals surface area contributed by atoms with Crippen LogP contribution in [0.25, 0.3) is 0 Å². The summed E-state index contributed by atoms with van der Waals surface area (Å²) in [6.07, 6.45) is 0. The lowest BCUT2D eigenvalue weighted by Gasteiger charge is -2.10. The monoisotopic (exact) mass is 283 g/mol. The normalized spacial score (nSPS) is 10.3. The Morgan fingerprint density at radius 1 is 1.16 bits per heavy atom. The maximum absolute atomic E-state index is 13.0. The number of hydrogen-bond donors (Lipinski definition) is 2. The maximum Gasteiger partial charge on any atom is 0.337 e. The van der Waals surface area contributed by atoms with Crippen LogP contribution < -0.4 is 5.32 Å². The summed E-state index contributed by atoms with van der Waals surface area (Å²) < 4.78 is 26.0. The quantitative estimate of drug-likeness (QED) is 0.893. The second-order valence-corrected chi connectivity index (χ2v) is 4.16. The molecule has 6 heteroatoms. The van der Waals surface area contributed by atoms with Crippen molar-refractivity contribution in [2.75, 3.05) is 5.32 Å². The number of carbonyl (C=O) groups is 1. The van der Waals surface area contributed by atoms with Crippen LogP contribution in [0.4, 0.5) is 20.2 Å². The molecule has 0 aliphatic heterocycles. The predicted octanol–water partition coefficient (Wildman–Crippen LogP) is 4.06. The van der Waals surface area contributed by atoms with Crippen molar-refractivity contribution < 1.29 is 18.7 Å². The number of carboxylic acids is 1. The number of nitrogens with one attached hydrogen (secondary N) is 1. The second kappa shape index (κ2) is 5.24. The topological polar surface area (TPSA) is 49.3 Å². The van der Waals surface area contributed by atoms with E-state index in [0.29, 0.717) is 5.69 Å². The molecule has 0 fully saturated rings. The fraction of sp³-hybridized carbons (Fsp3) is 0. The van der Waals surface area contributed by atoms with Crippen molar-refractivity contribution >= 4 is 28.9 Å². The molecule has 0 radical (unpaired) electrons. The molecule has 19 heavy (non-hydrogen) atoms. The molecule has 0 spiro atoms. The third-order valence-corrected chi connectivity index (χ3v) is 2.70. The van der Waals surface area contributed by atoms with E-state index in [0.717, 1.165) is 18.2 Å². The molecule has 98 valence electrons. The molecular weight excluding hydrogens is 276 g/mol. The molecule has 0 bridgehead atoms. The summed E-state index contributed by atoms with van der Waals surface area (Å²) in [6.45, 7) is 0. The fourth-order valence-corrected chi connectivity index (χ4v) is 1.71. The van der Waals surface area contributed by atoms with Gasteiger partial charge in [-0.15, -0.1) is 0 Å². The molecule has 0 aromatic heterocycles. The third kappa shape index (κ3) is 3.00. The van der Waals surface area contributed by atoms with Gasteiger partial charge in [-0.2, -0.15) is 0 Å². The Bertz CT molecular complexity index is 647. The number of carboxylic acid groups (broad SMARTS) is 1. The molecule has 2 aromatic rings. The highest BCUT2D eigenvalue weighted by Crippen LogP contribution is 2.25. The molecule has 0 saturated heterocycles. The lowest BCUT2D eigenvalue weighted by atomic mass is 10.1. The molecule has 0 atom stereocenters. The zero-order valence-corrected chi connectivity index (χ0v) is 10.2. The smallest absolute Gasteiger partial charge is 0.337 e. The summed E-state index contributed by atoms with van der Waals surface area (Å²) in [7, 11) is 0. The fourth-order valence-electron chi connectivity index (χ4n) is 1.53. The Morgan fingerprint density at radius 3 is 2.53 bits per heavy atom. The molecular formula is C13H8ClF2NO2. The zero-order chi connectivity index (χ0) is 14.0. The number of benzene rings is 2. The maximum atomic E-state index is 13.0. The molecule has 0 saturated carbocycles. The Kier molecular flexibility index (Phi) is 3.66. The van der Waals surface area contributed by atoms with Gasteiger partial charge < -0.3 is 10.4 Å². The highest BCUT2D eigenvalue weighted by molar-refractivity contribution is 6.31. The first-order valence-corrected chi connectivity index (χ1v) is 5.60. The summed E-state index contributed by atoms with van der Waals surface area (Å²) in [5.41, 5.74) is 0.373. The van der Waals surface area contributed by atoms with Crippen LogP contribution in [0.1, 0.15) is 10.4 Å². The van der Waals surface area contributed by atoms with Gasteiger partial charge >= 0.3 is 5.97 Å². The van der Waals surface area contributed by atoms with Gasteiger partial charge in [-0.3, -0.25) is 0 Å². The van der Waals surface area contributed by atoms with Crippen molar-refractivity contribution in [3.8, 4) is 0 Å². The van der Waals surface area contributed by atoms with Crippen LogP contribution in [0.2, 0.25) is 5.02 Å². The van der Waals surface area contributed by atoms with Crippen LogP contribution in [0.15, 0.2) is 36.4 Å². The van der Waals surface area contributed by atoms with Gasteiger partial charge in [0.15, 0.2) is 0 Å². The number of hydrogen-bond acceptors (Lipinski definition) is 2. The minimum atomic E-state index is -1.27. The van der Waals surface area contributed by atoms with Crippen LogP contribution in [0, 0.1) is 11.6 Å². The minimum Gasteiger partial charge on any atom is -0.478 e.